The predicted octanol–water partition coefficient (Wildman–Crippen LogP) is 8.17. The first-order chi connectivity index (χ1) is 35.6. The van der Waals surface area contributed by atoms with E-state index in [0.29, 0.717) is 185 Å². The maximum Gasteiger partial charge on any atom is 0.469 e. The molecular formula is C52H107O19P. The topological polar surface area (TPSA) is 205 Å². The molecule has 0 heterocycles. The van der Waals surface area contributed by atoms with Crippen LogP contribution in [0.25, 0.3) is 0 Å². The van der Waals surface area contributed by atoms with Crippen molar-refractivity contribution in [1.82, 2.24) is 0 Å². The molecule has 0 fully saturated rings. The van der Waals surface area contributed by atoms with Gasteiger partial charge in [0, 0.05) is 6.61 Å². The lowest BCUT2D eigenvalue weighted by atomic mass is 10.0. The second-order valence-electron chi connectivity index (χ2n) is 17.2. The highest BCUT2D eigenvalue weighted by Crippen LogP contribution is 2.35. The van der Waals surface area contributed by atoms with Gasteiger partial charge in [-0.05, 0) is 6.42 Å². The van der Waals surface area contributed by atoms with Gasteiger partial charge in [0.2, 0.25) is 0 Å². The minimum Gasteiger partial charge on any atom is -0.379 e. The van der Waals surface area contributed by atoms with Crippen molar-refractivity contribution in [3.8, 4) is 0 Å². The summed E-state index contributed by atoms with van der Waals surface area (Å²) in [6.07, 6.45) is 28.0. The molecule has 2 N–H and O–H groups in total. The number of hydrogen-bond donors (Lipinski definition) is 2. The minimum absolute atomic E-state index is 0.0749. The van der Waals surface area contributed by atoms with Crippen LogP contribution in [-0.4, -0.2) is 215 Å². The third-order valence-corrected chi connectivity index (χ3v) is 11.4. The van der Waals surface area contributed by atoms with Crippen molar-refractivity contribution in [1.29, 1.82) is 0 Å². The maximum atomic E-state index is 10.5. The van der Waals surface area contributed by atoms with Crippen molar-refractivity contribution in [2.24, 2.45) is 0 Å². The minimum atomic E-state index is -4.45. The molecule has 0 atom stereocenters. The Bertz CT molecular complexity index is 1020. The molecule has 0 amide bonds. The molecule has 72 heavy (non-hydrogen) atoms. The number of phosphoric ester groups is 1. The van der Waals surface area contributed by atoms with E-state index in [4.69, 9.17) is 80.8 Å². The molecule has 0 bridgehead atoms. The SMILES string of the molecule is CCCCCCCCCCCCCCCCCCCCCCOCCOCCOCCOCCOCCOCCOCCOCCOCCOCCOCCOCCOCCOCCOCCOP(=O)(O)O. The maximum absolute atomic E-state index is 10.5. The number of phosphoric acid groups is 1. The van der Waals surface area contributed by atoms with Gasteiger partial charge in [0.15, 0.2) is 0 Å². The Morgan fingerprint density at radius 2 is 0.347 bits per heavy atom. The summed E-state index contributed by atoms with van der Waals surface area (Å²) in [4.78, 5) is 17.1. The zero-order valence-corrected chi connectivity index (χ0v) is 46.2. The van der Waals surface area contributed by atoms with Crippen LogP contribution in [-0.2, 0) is 80.1 Å². The van der Waals surface area contributed by atoms with Crippen molar-refractivity contribution in [2.45, 2.75) is 135 Å². The summed E-state index contributed by atoms with van der Waals surface area (Å²) < 4.78 is 97.1. The molecule has 0 aromatic heterocycles. The normalized spacial score (nSPS) is 12.0. The van der Waals surface area contributed by atoms with E-state index >= 15 is 0 Å². The van der Waals surface area contributed by atoms with Crippen LogP contribution in [0.1, 0.15) is 135 Å². The monoisotopic (exact) mass is 1070 g/mol. The lowest BCUT2D eigenvalue weighted by Crippen LogP contribution is -2.15. The summed E-state index contributed by atoms with van der Waals surface area (Å²) in [5.74, 6) is 0. The summed E-state index contributed by atoms with van der Waals surface area (Å²) in [6.45, 7) is 16.6. The van der Waals surface area contributed by atoms with Crippen molar-refractivity contribution in [3.63, 3.8) is 0 Å². The third-order valence-electron chi connectivity index (χ3n) is 10.8. The zero-order chi connectivity index (χ0) is 51.9. The first kappa shape index (κ1) is 71.5. The number of ether oxygens (including phenoxy) is 15. The highest BCUT2D eigenvalue weighted by molar-refractivity contribution is 7.46. The smallest absolute Gasteiger partial charge is 0.379 e. The molecule has 0 aliphatic carbocycles. The van der Waals surface area contributed by atoms with E-state index in [9.17, 15) is 4.57 Å². The molecule has 20 heteroatoms. The second-order valence-corrected chi connectivity index (χ2v) is 18.5. The van der Waals surface area contributed by atoms with E-state index in [2.05, 4.69) is 11.4 Å². The first-order valence-electron chi connectivity index (χ1n) is 27.9. The molecule has 0 aliphatic heterocycles. The molecule has 0 saturated heterocycles. The van der Waals surface area contributed by atoms with E-state index in [-0.39, 0.29) is 13.2 Å². The molecule has 0 rings (SSSR count). The fourth-order valence-corrected chi connectivity index (χ4v) is 7.17. The van der Waals surface area contributed by atoms with E-state index in [1.54, 1.807) is 0 Å². The van der Waals surface area contributed by atoms with Crippen LogP contribution in [0.4, 0.5) is 0 Å². The van der Waals surface area contributed by atoms with Gasteiger partial charge in [0.05, 0.1) is 198 Å². The van der Waals surface area contributed by atoms with Gasteiger partial charge < -0.3 is 80.8 Å². The van der Waals surface area contributed by atoms with Gasteiger partial charge in [-0.15, -0.1) is 0 Å². The van der Waals surface area contributed by atoms with E-state index < -0.39 is 7.82 Å². The molecule has 0 unspecified atom stereocenters. The summed E-state index contributed by atoms with van der Waals surface area (Å²) in [7, 11) is -4.45. The van der Waals surface area contributed by atoms with E-state index in [0.717, 1.165) is 13.0 Å². The zero-order valence-electron chi connectivity index (χ0n) is 45.3. The predicted molar refractivity (Wildman–Crippen MR) is 278 cm³/mol. The molecule has 0 radical (unpaired) electrons. The molecular weight excluding hydrogens is 960 g/mol. The number of rotatable bonds is 67. The van der Waals surface area contributed by atoms with Gasteiger partial charge in [-0.1, -0.05) is 129 Å². The fraction of sp³-hybridized carbons (Fsp3) is 1.00. The van der Waals surface area contributed by atoms with Crippen LogP contribution in [0.2, 0.25) is 0 Å². The second kappa shape index (κ2) is 64.8. The molecule has 0 aromatic rings. The van der Waals surface area contributed by atoms with Crippen LogP contribution >= 0.6 is 7.82 Å². The quantitative estimate of drug-likeness (QED) is 0.0435. The van der Waals surface area contributed by atoms with E-state index in [1.807, 2.05) is 0 Å². The molecule has 0 saturated carbocycles. The number of hydrogen-bond acceptors (Lipinski definition) is 17. The standard InChI is InChI=1S/C52H107O19P/c1-2-3-4-5-6-7-8-9-10-11-12-13-14-15-16-17-18-19-20-21-22-56-23-24-57-25-26-58-27-28-59-29-30-60-31-32-61-33-34-62-35-36-63-37-38-64-39-40-65-41-42-66-43-44-67-45-46-68-47-48-69-49-50-70-51-52-71-72(53,54)55/h2-52H2,1H3,(H2,53,54,55). The van der Waals surface area contributed by atoms with Gasteiger partial charge >= 0.3 is 7.82 Å². The van der Waals surface area contributed by atoms with E-state index in [1.165, 1.54) is 122 Å². The van der Waals surface area contributed by atoms with Crippen molar-refractivity contribution < 1.29 is 89.9 Å². The summed E-state index contributed by atoms with van der Waals surface area (Å²) in [5, 5.41) is 0. The van der Waals surface area contributed by atoms with Crippen LogP contribution in [0.3, 0.4) is 0 Å². The van der Waals surface area contributed by atoms with Crippen molar-refractivity contribution >= 4 is 7.82 Å². The Morgan fingerprint density at radius 1 is 0.208 bits per heavy atom. The van der Waals surface area contributed by atoms with Crippen molar-refractivity contribution in [3.05, 3.63) is 0 Å². The van der Waals surface area contributed by atoms with Crippen LogP contribution in [0.15, 0.2) is 0 Å². The molecule has 434 valence electrons. The summed E-state index contributed by atoms with van der Waals surface area (Å²) in [6, 6.07) is 0. The third kappa shape index (κ3) is 69.5. The Balaban J connectivity index is 3.08. The first-order valence-corrected chi connectivity index (χ1v) is 29.5. The lowest BCUT2D eigenvalue weighted by Gasteiger charge is -2.09. The highest BCUT2D eigenvalue weighted by Gasteiger charge is 2.12. The van der Waals surface area contributed by atoms with Gasteiger partial charge in [-0.25, -0.2) is 4.57 Å². The average Bonchev–Trinajstić information content (AvgIpc) is 3.37. The van der Waals surface area contributed by atoms with Gasteiger partial charge in [-0.3, -0.25) is 4.52 Å². The molecule has 19 nitrogen and oxygen atoms in total. The molecule has 0 aliphatic rings. The van der Waals surface area contributed by atoms with Crippen LogP contribution in [0.5, 0.6) is 0 Å². The van der Waals surface area contributed by atoms with Crippen LogP contribution in [0, 0.1) is 0 Å². The van der Waals surface area contributed by atoms with Gasteiger partial charge in [0.25, 0.3) is 0 Å². The van der Waals surface area contributed by atoms with Gasteiger partial charge in [-0.2, -0.15) is 0 Å². The Hall–Kier alpha value is -0.490. The average molecular weight is 1070 g/mol. The lowest BCUT2D eigenvalue weighted by molar-refractivity contribution is -0.0301. The molecule has 0 spiro atoms. The highest BCUT2D eigenvalue weighted by atomic mass is 31.2. The Labute approximate surface area is 436 Å². The molecule has 0 aromatic carbocycles. The Kier molecular flexibility index (Phi) is 64.4. The largest absolute Gasteiger partial charge is 0.469 e. The fourth-order valence-electron chi connectivity index (χ4n) is 6.86. The summed E-state index contributed by atoms with van der Waals surface area (Å²) in [5.41, 5.74) is 0. The number of unbranched alkanes of at least 4 members (excludes halogenated alkanes) is 19. The van der Waals surface area contributed by atoms with Crippen LogP contribution < -0.4 is 0 Å². The van der Waals surface area contributed by atoms with Gasteiger partial charge in [0.1, 0.15) is 0 Å². The summed E-state index contributed by atoms with van der Waals surface area (Å²) >= 11 is 0. The van der Waals surface area contributed by atoms with Crippen molar-refractivity contribution in [2.75, 3.05) is 205 Å². The Morgan fingerprint density at radius 3 is 0.514 bits per heavy atom.